The number of aromatic hydroxyl groups is 1. The lowest BCUT2D eigenvalue weighted by atomic mass is 9.80. The summed E-state index contributed by atoms with van der Waals surface area (Å²) in [4.78, 5) is 7.03. The number of aliphatic hydroxyl groups excluding tert-OH is 1. The standard InChI is InChI=1S/C26H40N2O2/c1-3-5-6-7-8-16-28-17-14-21(20(4-2)19-28)9-12-26(30)23-13-15-27-25-11-10-22(29)18-24(23)25/h10-11,13,15,18,20-21,26,29-30H,3-9,12,14,16-17,19H2,1-2H3/t20-,21+,26+/m0/s1. The van der Waals surface area contributed by atoms with Crippen molar-refractivity contribution in [3.8, 4) is 5.75 Å². The van der Waals surface area contributed by atoms with Crippen LogP contribution in [-0.2, 0) is 0 Å². The quantitative estimate of drug-likeness (QED) is 0.440. The van der Waals surface area contributed by atoms with Crippen molar-refractivity contribution < 1.29 is 10.2 Å². The maximum Gasteiger partial charge on any atom is 0.116 e. The number of fused-ring (bicyclic) bond motifs is 1. The van der Waals surface area contributed by atoms with Crippen LogP contribution < -0.4 is 0 Å². The number of hydrogen-bond donors (Lipinski definition) is 2. The van der Waals surface area contributed by atoms with Crippen molar-refractivity contribution in [2.45, 2.75) is 77.7 Å². The fraction of sp³-hybridized carbons (Fsp3) is 0.654. The molecule has 0 unspecified atom stereocenters. The van der Waals surface area contributed by atoms with E-state index in [1.54, 1.807) is 18.3 Å². The number of aromatic nitrogens is 1. The van der Waals surface area contributed by atoms with E-state index < -0.39 is 6.10 Å². The van der Waals surface area contributed by atoms with Gasteiger partial charge in [0.05, 0.1) is 11.6 Å². The van der Waals surface area contributed by atoms with Crippen LogP contribution in [0.5, 0.6) is 5.75 Å². The molecule has 1 aromatic heterocycles. The average molecular weight is 413 g/mol. The van der Waals surface area contributed by atoms with Crippen molar-refractivity contribution in [2.75, 3.05) is 19.6 Å². The van der Waals surface area contributed by atoms with Crippen LogP contribution in [0.2, 0.25) is 0 Å². The first-order valence-electron chi connectivity index (χ1n) is 12.1. The highest BCUT2D eigenvalue weighted by Gasteiger charge is 2.28. The van der Waals surface area contributed by atoms with Gasteiger partial charge < -0.3 is 15.1 Å². The van der Waals surface area contributed by atoms with Crippen molar-refractivity contribution in [1.82, 2.24) is 9.88 Å². The van der Waals surface area contributed by atoms with Crippen LogP contribution >= 0.6 is 0 Å². The molecule has 0 saturated carbocycles. The number of rotatable bonds is 11. The first-order chi connectivity index (χ1) is 14.6. The zero-order valence-electron chi connectivity index (χ0n) is 18.9. The zero-order chi connectivity index (χ0) is 21.3. The second-order valence-corrected chi connectivity index (χ2v) is 9.13. The number of phenols is 1. The summed E-state index contributed by atoms with van der Waals surface area (Å²) in [6.45, 7) is 8.27. The lowest BCUT2D eigenvalue weighted by Crippen LogP contribution is -2.40. The van der Waals surface area contributed by atoms with Gasteiger partial charge in [0.1, 0.15) is 5.75 Å². The van der Waals surface area contributed by atoms with E-state index in [9.17, 15) is 10.2 Å². The van der Waals surface area contributed by atoms with Crippen molar-refractivity contribution >= 4 is 10.9 Å². The maximum absolute atomic E-state index is 10.9. The zero-order valence-corrected chi connectivity index (χ0v) is 18.9. The summed E-state index contributed by atoms with van der Waals surface area (Å²) in [5, 5.41) is 21.6. The lowest BCUT2D eigenvalue weighted by Gasteiger charge is -2.39. The van der Waals surface area contributed by atoms with Gasteiger partial charge in [-0.1, -0.05) is 46.0 Å². The van der Waals surface area contributed by atoms with E-state index in [2.05, 4.69) is 23.7 Å². The van der Waals surface area contributed by atoms with Crippen molar-refractivity contribution in [3.05, 3.63) is 36.0 Å². The van der Waals surface area contributed by atoms with E-state index >= 15 is 0 Å². The molecule has 4 heteroatoms. The molecule has 1 aliphatic heterocycles. The van der Waals surface area contributed by atoms with E-state index in [4.69, 9.17) is 0 Å². The summed E-state index contributed by atoms with van der Waals surface area (Å²) >= 11 is 0. The normalized spacial score (nSPS) is 21.2. The van der Waals surface area contributed by atoms with Crippen molar-refractivity contribution in [2.24, 2.45) is 11.8 Å². The number of benzene rings is 1. The summed E-state index contributed by atoms with van der Waals surface area (Å²) in [6.07, 6.45) is 12.3. The van der Waals surface area contributed by atoms with Crippen LogP contribution in [-0.4, -0.2) is 39.7 Å². The fourth-order valence-corrected chi connectivity index (χ4v) is 5.11. The van der Waals surface area contributed by atoms with E-state index in [0.717, 1.165) is 35.2 Å². The highest BCUT2D eigenvalue weighted by molar-refractivity contribution is 5.83. The smallest absolute Gasteiger partial charge is 0.116 e. The van der Waals surface area contributed by atoms with Gasteiger partial charge >= 0.3 is 0 Å². The monoisotopic (exact) mass is 412 g/mol. The van der Waals surface area contributed by atoms with Crippen LogP contribution in [0, 0.1) is 11.8 Å². The first-order valence-corrected chi connectivity index (χ1v) is 12.1. The number of phenolic OH excluding ortho intramolecular Hbond substituents is 1. The van der Waals surface area contributed by atoms with Crippen molar-refractivity contribution in [1.29, 1.82) is 0 Å². The Morgan fingerprint density at radius 2 is 1.93 bits per heavy atom. The van der Waals surface area contributed by atoms with Gasteiger partial charge in [-0.25, -0.2) is 0 Å². The molecule has 3 rings (SSSR count). The van der Waals surface area contributed by atoms with Gasteiger partial charge in [0.2, 0.25) is 0 Å². The molecule has 166 valence electrons. The highest BCUT2D eigenvalue weighted by Crippen LogP contribution is 2.34. The second kappa shape index (κ2) is 11.7. The van der Waals surface area contributed by atoms with E-state index in [0.29, 0.717) is 5.92 Å². The summed E-state index contributed by atoms with van der Waals surface area (Å²) in [5.74, 6) is 1.65. The largest absolute Gasteiger partial charge is 0.508 e. The molecule has 4 nitrogen and oxygen atoms in total. The topological polar surface area (TPSA) is 56.6 Å². The van der Waals surface area contributed by atoms with Crippen LogP contribution in [0.25, 0.3) is 10.9 Å². The molecule has 0 spiro atoms. The minimum absolute atomic E-state index is 0.220. The third kappa shape index (κ3) is 6.18. The molecule has 0 radical (unpaired) electrons. The molecule has 0 bridgehead atoms. The molecular formula is C26H40N2O2. The Hall–Kier alpha value is -1.65. The van der Waals surface area contributed by atoms with E-state index in [1.807, 2.05) is 12.1 Å². The highest BCUT2D eigenvalue weighted by atomic mass is 16.3. The number of aliphatic hydroxyl groups is 1. The Morgan fingerprint density at radius 3 is 2.73 bits per heavy atom. The Morgan fingerprint density at radius 1 is 1.10 bits per heavy atom. The lowest BCUT2D eigenvalue weighted by molar-refractivity contribution is 0.0903. The van der Waals surface area contributed by atoms with Gasteiger partial charge in [-0.2, -0.15) is 0 Å². The predicted molar refractivity (Wildman–Crippen MR) is 125 cm³/mol. The third-order valence-electron chi connectivity index (χ3n) is 7.01. The Bertz CT molecular complexity index is 779. The molecule has 30 heavy (non-hydrogen) atoms. The number of hydrogen-bond acceptors (Lipinski definition) is 4. The molecule has 1 fully saturated rings. The van der Waals surface area contributed by atoms with Gasteiger partial charge in [0.25, 0.3) is 0 Å². The number of piperidine rings is 1. The summed E-state index contributed by atoms with van der Waals surface area (Å²) in [5.41, 5.74) is 1.71. The third-order valence-corrected chi connectivity index (χ3v) is 7.01. The van der Waals surface area contributed by atoms with Gasteiger partial charge in [-0.3, -0.25) is 4.98 Å². The Kier molecular flexibility index (Phi) is 8.95. The second-order valence-electron chi connectivity index (χ2n) is 9.13. The molecule has 0 amide bonds. The summed E-state index contributed by atoms with van der Waals surface area (Å²) in [7, 11) is 0. The molecule has 1 aromatic carbocycles. The minimum atomic E-state index is -0.508. The number of pyridine rings is 1. The molecule has 1 saturated heterocycles. The van der Waals surface area contributed by atoms with Gasteiger partial charge in [0, 0.05) is 18.1 Å². The molecule has 3 atom stereocenters. The van der Waals surface area contributed by atoms with Gasteiger partial charge in [-0.15, -0.1) is 0 Å². The number of nitrogens with zero attached hydrogens (tertiary/aromatic N) is 2. The van der Waals surface area contributed by atoms with E-state index in [1.165, 1.54) is 64.6 Å². The fourth-order valence-electron chi connectivity index (χ4n) is 5.11. The van der Waals surface area contributed by atoms with Crippen LogP contribution in [0.3, 0.4) is 0 Å². The Balaban J connectivity index is 1.51. The first kappa shape index (κ1) is 23.0. The minimum Gasteiger partial charge on any atom is -0.508 e. The number of unbranched alkanes of at least 4 members (excludes halogenated alkanes) is 4. The SMILES string of the molecule is CCCCCCCN1CC[C@@H](CC[C@@H](O)c2ccnc3ccc(O)cc23)[C@@H](CC)C1. The summed E-state index contributed by atoms with van der Waals surface area (Å²) in [6, 6.07) is 7.07. The average Bonchev–Trinajstić information content (AvgIpc) is 2.77. The molecular weight excluding hydrogens is 372 g/mol. The van der Waals surface area contributed by atoms with Crippen molar-refractivity contribution in [3.63, 3.8) is 0 Å². The molecule has 0 aliphatic carbocycles. The van der Waals surface area contributed by atoms with Gasteiger partial charge in [-0.05, 0) is 80.4 Å². The predicted octanol–water partition coefficient (Wildman–Crippen LogP) is 6.07. The van der Waals surface area contributed by atoms with E-state index in [-0.39, 0.29) is 5.75 Å². The maximum atomic E-state index is 10.9. The molecule has 2 N–H and O–H groups in total. The number of likely N-dealkylation sites (tertiary alicyclic amines) is 1. The van der Waals surface area contributed by atoms with Crippen LogP contribution in [0.4, 0.5) is 0 Å². The molecule has 1 aliphatic rings. The molecule has 2 heterocycles. The molecule has 2 aromatic rings. The van der Waals surface area contributed by atoms with Crippen LogP contribution in [0.15, 0.2) is 30.5 Å². The van der Waals surface area contributed by atoms with Crippen LogP contribution in [0.1, 0.15) is 83.3 Å². The Labute approximate surface area is 182 Å². The van der Waals surface area contributed by atoms with Gasteiger partial charge in [0.15, 0.2) is 0 Å². The summed E-state index contributed by atoms with van der Waals surface area (Å²) < 4.78 is 0.